The minimum absolute atomic E-state index is 0.00504. The summed E-state index contributed by atoms with van der Waals surface area (Å²) in [6, 6.07) is 16.1. The van der Waals surface area contributed by atoms with Gasteiger partial charge in [0.1, 0.15) is 24.2 Å². The SMILES string of the molecule is CC(=O)N[C@H](CCCN=C(N)N)C(=O)N[C@H]1CCC(=O)NCCCCNC(=O)[C@@H](Cc2c[nH]c3ccccc23)NC(=O)CNC(=O)[C@@H](Cc2ccc3ccccc3c2)NC(=O)CNC1=O. The molecule has 3 aromatic carbocycles. The normalized spacial score (nSPS) is 19.3. The number of fused-ring (bicyclic) bond motifs is 2. The van der Waals surface area contributed by atoms with Gasteiger partial charge in [-0.25, -0.2) is 0 Å². The number of hydrogen-bond donors (Lipinski definition) is 11. The largest absolute Gasteiger partial charge is 0.370 e. The molecule has 0 unspecified atom stereocenters. The summed E-state index contributed by atoms with van der Waals surface area (Å²) < 4.78 is 0. The first kappa shape index (κ1) is 48.5. The van der Waals surface area contributed by atoms with Crippen molar-refractivity contribution in [3.05, 3.63) is 84.1 Å². The average molecular weight is 895 g/mol. The van der Waals surface area contributed by atoms with Crippen LogP contribution in [-0.4, -0.2) is 115 Å². The molecule has 0 radical (unpaired) electrons. The Balaban J connectivity index is 1.35. The number of nitrogens with zero attached hydrogens (tertiary/aromatic N) is 1. The quantitative estimate of drug-likeness (QED) is 0.0504. The highest BCUT2D eigenvalue weighted by Gasteiger charge is 2.29. The second-order valence-electron chi connectivity index (χ2n) is 15.8. The van der Waals surface area contributed by atoms with Crippen molar-refractivity contribution in [3.8, 4) is 0 Å². The fraction of sp³-hybridized carbons (Fsp3) is 0.400. The van der Waals surface area contributed by atoms with E-state index in [0.29, 0.717) is 24.8 Å². The number of nitrogens with one attached hydrogen (secondary N) is 9. The van der Waals surface area contributed by atoms with Gasteiger partial charge in [0.05, 0.1) is 13.1 Å². The molecule has 0 bridgehead atoms. The van der Waals surface area contributed by atoms with Crippen LogP contribution < -0.4 is 54.0 Å². The van der Waals surface area contributed by atoms with Gasteiger partial charge in [0, 0.05) is 62.9 Å². The van der Waals surface area contributed by atoms with Gasteiger partial charge in [-0.1, -0.05) is 60.7 Å². The summed E-state index contributed by atoms with van der Waals surface area (Å²) in [5.41, 5.74) is 13.1. The molecule has 5 rings (SSSR count). The zero-order valence-corrected chi connectivity index (χ0v) is 36.3. The molecule has 20 nitrogen and oxygen atoms in total. The van der Waals surface area contributed by atoms with Crippen molar-refractivity contribution >= 4 is 74.9 Å². The smallest absolute Gasteiger partial charge is 0.243 e. The second-order valence-corrected chi connectivity index (χ2v) is 15.8. The Morgan fingerprint density at radius 2 is 1.40 bits per heavy atom. The van der Waals surface area contributed by atoms with E-state index in [1.807, 2.05) is 66.7 Å². The predicted molar refractivity (Wildman–Crippen MR) is 243 cm³/mol. The van der Waals surface area contributed by atoms with Gasteiger partial charge >= 0.3 is 0 Å². The molecule has 1 aliphatic heterocycles. The van der Waals surface area contributed by atoms with Crippen molar-refractivity contribution < 1.29 is 38.4 Å². The summed E-state index contributed by atoms with van der Waals surface area (Å²) in [7, 11) is 0. The lowest BCUT2D eigenvalue weighted by atomic mass is 10.0. The summed E-state index contributed by atoms with van der Waals surface area (Å²) in [4.78, 5) is 114. The zero-order valence-electron chi connectivity index (χ0n) is 36.3. The standard InChI is InChI=1S/C45H58N12O8/c1-27(58)54-34(13-8-20-50-45(46)47)44(65)57-35-16-17-38(59)48-18-6-7-19-49-42(63)37(23-31-24-51-33-12-5-4-11-32(31)33)56-40(61)26-53-43(64)36(55-39(60)25-52-41(35)62)22-28-14-15-29-9-2-3-10-30(29)21-28/h2-5,9-12,14-15,21,24,34-37,51H,6-8,13,16-20,22-23,25-26H2,1H3,(H,48,59)(H,49,63)(H,52,62)(H,53,64)(H,54,58)(H,55,60)(H,56,61)(H,57,65)(H4,46,47,50)/t34-,35+,36-,37-/m1/s1. The van der Waals surface area contributed by atoms with Gasteiger partial charge < -0.3 is 59.0 Å². The molecule has 13 N–H and O–H groups in total. The van der Waals surface area contributed by atoms with E-state index < -0.39 is 84.5 Å². The van der Waals surface area contributed by atoms with E-state index in [0.717, 1.165) is 27.2 Å². The number of aromatic nitrogens is 1. The molecule has 0 saturated carbocycles. The molecule has 1 saturated heterocycles. The van der Waals surface area contributed by atoms with Crippen LogP contribution in [0.1, 0.15) is 56.6 Å². The van der Waals surface area contributed by atoms with E-state index in [9.17, 15) is 38.4 Å². The highest BCUT2D eigenvalue weighted by molar-refractivity contribution is 5.96. The number of amides is 8. The lowest BCUT2D eigenvalue weighted by Gasteiger charge is -2.23. The molecular weight excluding hydrogens is 837 g/mol. The summed E-state index contributed by atoms with van der Waals surface area (Å²) in [5.74, 6) is -5.14. The Labute approximate surface area is 375 Å². The highest BCUT2D eigenvalue weighted by atomic mass is 16.2. The van der Waals surface area contributed by atoms with Gasteiger partial charge in [-0.05, 0) is 60.1 Å². The lowest BCUT2D eigenvalue weighted by molar-refractivity contribution is -0.133. The molecule has 346 valence electrons. The first-order chi connectivity index (χ1) is 31.2. The van der Waals surface area contributed by atoms with E-state index in [-0.39, 0.29) is 57.7 Å². The van der Waals surface area contributed by atoms with Gasteiger partial charge in [-0.2, -0.15) is 0 Å². The fourth-order valence-corrected chi connectivity index (χ4v) is 7.35. The van der Waals surface area contributed by atoms with Crippen molar-refractivity contribution in [2.24, 2.45) is 16.5 Å². The highest BCUT2D eigenvalue weighted by Crippen LogP contribution is 2.20. The van der Waals surface area contributed by atoms with Crippen LogP contribution in [0, 0.1) is 0 Å². The van der Waals surface area contributed by atoms with E-state index in [2.05, 4.69) is 52.5 Å². The minimum Gasteiger partial charge on any atom is -0.370 e. The number of aliphatic imine (C=N–C) groups is 1. The van der Waals surface area contributed by atoms with Crippen LogP contribution in [0.25, 0.3) is 21.7 Å². The maximum Gasteiger partial charge on any atom is 0.243 e. The third kappa shape index (κ3) is 15.7. The van der Waals surface area contributed by atoms with E-state index in [1.165, 1.54) is 6.92 Å². The molecule has 4 aromatic rings. The van der Waals surface area contributed by atoms with Crippen molar-refractivity contribution in [1.29, 1.82) is 0 Å². The molecule has 65 heavy (non-hydrogen) atoms. The van der Waals surface area contributed by atoms with Gasteiger partial charge in [-0.15, -0.1) is 0 Å². The molecular formula is C45H58N12O8. The first-order valence-corrected chi connectivity index (χ1v) is 21.6. The van der Waals surface area contributed by atoms with Gasteiger partial charge in [0.2, 0.25) is 47.3 Å². The Morgan fingerprint density at radius 3 is 2.12 bits per heavy atom. The third-order valence-corrected chi connectivity index (χ3v) is 10.7. The summed E-state index contributed by atoms with van der Waals surface area (Å²) in [6.45, 7) is 0.739. The maximum absolute atomic E-state index is 13.8. The number of hydrogen-bond acceptors (Lipinski definition) is 9. The Kier molecular flexibility index (Phi) is 18.2. The molecule has 8 amide bonds. The topological polar surface area (TPSA) is 313 Å². The molecule has 2 heterocycles. The number of H-pyrrole nitrogens is 1. The van der Waals surface area contributed by atoms with Crippen molar-refractivity contribution in [1.82, 2.24) is 47.5 Å². The number of guanidine groups is 1. The van der Waals surface area contributed by atoms with Gasteiger partial charge in [0.25, 0.3) is 0 Å². The molecule has 20 heteroatoms. The Bertz CT molecular complexity index is 2380. The van der Waals surface area contributed by atoms with Crippen LogP contribution in [0.3, 0.4) is 0 Å². The summed E-state index contributed by atoms with van der Waals surface area (Å²) in [6.07, 6.45) is 2.94. The van der Waals surface area contributed by atoms with Crippen molar-refractivity contribution in [2.75, 3.05) is 32.7 Å². The number of nitrogens with two attached hydrogens (primary N) is 2. The van der Waals surface area contributed by atoms with Crippen LogP contribution in [0.2, 0.25) is 0 Å². The minimum atomic E-state index is -1.32. The van der Waals surface area contributed by atoms with E-state index >= 15 is 0 Å². The Morgan fingerprint density at radius 1 is 0.754 bits per heavy atom. The summed E-state index contributed by atoms with van der Waals surface area (Å²) >= 11 is 0. The van der Waals surface area contributed by atoms with Gasteiger partial charge in [-0.3, -0.25) is 43.3 Å². The summed E-state index contributed by atoms with van der Waals surface area (Å²) in [5, 5.41) is 24.0. The van der Waals surface area contributed by atoms with Crippen LogP contribution >= 0.6 is 0 Å². The molecule has 1 aromatic heterocycles. The number of benzene rings is 3. The van der Waals surface area contributed by atoms with Crippen LogP contribution in [0.5, 0.6) is 0 Å². The Hall–Kier alpha value is -7.51. The molecule has 1 aliphatic rings. The fourth-order valence-electron chi connectivity index (χ4n) is 7.35. The number of carbonyl (C=O) groups excluding carboxylic acids is 8. The number of carbonyl (C=O) groups is 8. The lowest BCUT2D eigenvalue weighted by Crippen LogP contribution is -2.56. The molecule has 1 fully saturated rings. The van der Waals surface area contributed by atoms with Crippen molar-refractivity contribution in [3.63, 3.8) is 0 Å². The first-order valence-electron chi connectivity index (χ1n) is 21.6. The zero-order chi connectivity index (χ0) is 46.7. The second kappa shape index (κ2) is 24.4. The maximum atomic E-state index is 13.8. The predicted octanol–water partition coefficient (Wildman–Crippen LogP) is -0.842. The van der Waals surface area contributed by atoms with E-state index in [4.69, 9.17) is 11.5 Å². The van der Waals surface area contributed by atoms with Crippen LogP contribution in [0.15, 0.2) is 77.9 Å². The average Bonchev–Trinajstić information content (AvgIpc) is 3.69. The number of rotatable bonds is 11. The molecule has 0 spiro atoms. The van der Waals surface area contributed by atoms with Crippen molar-refractivity contribution in [2.45, 2.75) is 82.5 Å². The van der Waals surface area contributed by atoms with Gasteiger partial charge in [0.15, 0.2) is 5.96 Å². The number of aromatic amines is 1. The monoisotopic (exact) mass is 894 g/mol. The molecule has 4 atom stereocenters. The van der Waals surface area contributed by atoms with Crippen LogP contribution in [0.4, 0.5) is 0 Å². The van der Waals surface area contributed by atoms with Crippen LogP contribution in [-0.2, 0) is 51.2 Å². The molecule has 0 aliphatic carbocycles. The third-order valence-electron chi connectivity index (χ3n) is 10.7. The van der Waals surface area contributed by atoms with E-state index in [1.54, 1.807) is 6.20 Å². The number of para-hydroxylation sites is 1.